The van der Waals surface area contributed by atoms with Gasteiger partial charge in [-0.3, -0.25) is 14.6 Å². The minimum atomic E-state index is 0.0760. The fourth-order valence-corrected chi connectivity index (χ4v) is 4.21. The number of fused-ring (bicyclic) bond motifs is 1. The van der Waals surface area contributed by atoms with E-state index >= 15 is 0 Å². The molecule has 0 N–H and O–H groups in total. The van der Waals surface area contributed by atoms with E-state index < -0.39 is 0 Å². The summed E-state index contributed by atoms with van der Waals surface area (Å²) in [4.78, 5) is 33.9. The molecule has 2 aliphatic rings. The smallest absolute Gasteiger partial charge is 0.254 e. The summed E-state index contributed by atoms with van der Waals surface area (Å²) in [5, 5.41) is 0.939. The van der Waals surface area contributed by atoms with Gasteiger partial charge in [0.2, 0.25) is 0 Å². The molecule has 0 bridgehead atoms. The number of amides is 1. The normalized spacial score (nSPS) is 16.7. The maximum Gasteiger partial charge on any atom is 0.254 e. The number of hydrogen-bond acceptors (Lipinski definition) is 4. The molecule has 2 heterocycles. The molecule has 5 nitrogen and oxygen atoms in total. The Balaban J connectivity index is 1.34. The van der Waals surface area contributed by atoms with E-state index in [4.69, 9.17) is 4.98 Å². The molecule has 2 fully saturated rings. The Morgan fingerprint density at radius 3 is 2.30 bits per heavy atom. The second kappa shape index (κ2) is 7.56. The van der Waals surface area contributed by atoms with E-state index in [2.05, 4.69) is 4.90 Å². The van der Waals surface area contributed by atoms with Crippen molar-refractivity contribution in [3.63, 3.8) is 0 Å². The van der Waals surface area contributed by atoms with Crippen molar-refractivity contribution in [2.24, 2.45) is 0 Å². The Bertz CT molecular complexity index is 1110. The molecule has 152 valence electrons. The Morgan fingerprint density at radius 1 is 0.933 bits per heavy atom. The number of ketones is 1. The minimum absolute atomic E-state index is 0.0760. The van der Waals surface area contributed by atoms with E-state index in [-0.39, 0.29) is 11.7 Å². The molecule has 1 amide bonds. The van der Waals surface area contributed by atoms with Crippen molar-refractivity contribution in [1.29, 1.82) is 0 Å². The Labute approximate surface area is 176 Å². The lowest BCUT2D eigenvalue weighted by Gasteiger charge is -2.36. The van der Waals surface area contributed by atoms with Crippen molar-refractivity contribution >= 4 is 28.3 Å². The van der Waals surface area contributed by atoms with Crippen LogP contribution in [0.15, 0.2) is 54.6 Å². The van der Waals surface area contributed by atoms with Gasteiger partial charge in [-0.05, 0) is 56.2 Å². The van der Waals surface area contributed by atoms with E-state index in [0.717, 1.165) is 46.5 Å². The summed E-state index contributed by atoms with van der Waals surface area (Å²) in [6.07, 6.45) is 2.33. The van der Waals surface area contributed by atoms with E-state index in [1.165, 1.54) is 12.8 Å². The van der Waals surface area contributed by atoms with Gasteiger partial charge in [-0.25, -0.2) is 0 Å². The maximum absolute atomic E-state index is 13.4. The highest BCUT2D eigenvalue weighted by atomic mass is 16.2. The molecule has 2 aromatic carbocycles. The van der Waals surface area contributed by atoms with E-state index in [1.807, 2.05) is 59.5 Å². The van der Waals surface area contributed by atoms with Crippen LogP contribution in [0.2, 0.25) is 0 Å². The zero-order chi connectivity index (χ0) is 20.7. The van der Waals surface area contributed by atoms with Crippen molar-refractivity contribution < 1.29 is 9.59 Å². The first-order chi connectivity index (χ1) is 14.6. The molecule has 0 atom stereocenters. The van der Waals surface area contributed by atoms with E-state index in [1.54, 1.807) is 6.92 Å². The Morgan fingerprint density at radius 2 is 1.63 bits per heavy atom. The molecule has 1 aliphatic heterocycles. The van der Waals surface area contributed by atoms with Crippen molar-refractivity contribution in [2.75, 3.05) is 31.1 Å². The molecule has 5 heteroatoms. The van der Waals surface area contributed by atoms with Crippen LogP contribution >= 0.6 is 0 Å². The topological polar surface area (TPSA) is 53.5 Å². The summed E-state index contributed by atoms with van der Waals surface area (Å²) in [5.41, 5.74) is 4.57. The number of rotatable bonds is 4. The molecule has 0 spiro atoms. The maximum atomic E-state index is 13.4. The van der Waals surface area contributed by atoms with Crippen LogP contribution < -0.4 is 4.90 Å². The molecule has 3 aromatic rings. The van der Waals surface area contributed by atoms with Gasteiger partial charge in [0.05, 0.1) is 11.1 Å². The number of benzene rings is 2. The first kappa shape index (κ1) is 18.8. The van der Waals surface area contributed by atoms with Gasteiger partial charge in [0, 0.05) is 54.4 Å². The van der Waals surface area contributed by atoms with Crippen LogP contribution in [0.25, 0.3) is 10.9 Å². The van der Waals surface area contributed by atoms with Crippen LogP contribution in [0.4, 0.5) is 5.69 Å². The summed E-state index contributed by atoms with van der Waals surface area (Å²) in [6, 6.07) is 17.7. The average Bonchev–Trinajstić information content (AvgIpc) is 3.64. The van der Waals surface area contributed by atoms with Gasteiger partial charge in [-0.15, -0.1) is 0 Å². The summed E-state index contributed by atoms with van der Waals surface area (Å²) in [5.74, 6) is 0.685. The highest BCUT2D eigenvalue weighted by Gasteiger charge is 2.29. The zero-order valence-electron chi connectivity index (χ0n) is 17.2. The van der Waals surface area contributed by atoms with E-state index in [0.29, 0.717) is 19.0 Å². The highest BCUT2D eigenvalue weighted by Crippen LogP contribution is 2.40. The first-order valence-corrected chi connectivity index (χ1v) is 10.6. The first-order valence-electron chi connectivity index (χ1n) is 10.6. The second-order valence-corrected chi connectivity index (χ2v) is 8.27. The van der Waals surface area contributed by atoms with Crippen LogP contribution in [0.5, 0.6) is 0 Å². The van der Waals surface area contributed by atoms with Crippen LogP contribution in [-0.2, 0) is 0 Å². The third kappa shape index (κ3) is 3.56. The van der Waals surface area contributed by atoms with Gasteiger partial charge in [0.25, 0.3) is 5.91 Å². The minimum Gasteiger partial charge on any atom is -0.368 e. The molecule has 1 aliphatic carbocycles. The summed E-state index contributed by atoms with van der Waals surface area (Å²) in [7, 11) is 0. The number of piperazine rings is 1. The van der Waals surface area contributed by atoms with Gasteiger partial charge < -0.3 is 9.80 Å². The van der Waals surface area contributed by atoms with Crippen LogP contribution in [0.1, 0.15) is 52.1 Å². The molecule has 1 saturated carbocycles. The molecule has 1 saturated heterocycles. The number of carbonyl (C=O) groups is 2. The lowest BCUT2D eigenvalue weighted by atomic mass is 10.0. The average molecular weight is 399 g/mol. The van der Waals surface area contributed by atoms with Crippen molar-refractivity contribution in [3.8, 4) is 0 Å². The zero-order valence-corrected chi connectivity index (χ0v) is 17.2. The Hall–Kier alpha value is -3.21. The number of nitrogens with zero attached hydrogens (tertiary/aromatic N) is 3. The number of Topliss-reactive ketones (excluding diaryl/α,β-unsaturated/α-hetero) is 1. The van der Waals surface area contributed by atoms with Gasteiger partial charge in [0.15, 0.2) is 5.78 Å². The predicted octanol–water partition coefficient (Wildman–Crippen LogP) is 4.28. The number of anilines is 1. The van der Waals surface area contributed by atoms with E-state index in [9.17, 15) is 9.59 Å². The van der Waals surface area contributed by atoms with Crippen LogP contribution in [0, 0.1) is 0 Å². The van der Waals surface area contributed by atoms with Crippen LogP contribution in [-0.4, -0.2) is 47.8 Å². The molecule has 0 unspecified atom stereocenters. The summed E-state index contributed by atoms with van der Waals surface area (Å²) >= 11 is 0. The summed E-state index contributed by atoms with van der Waals surface area (Å²) < 4.78 is 0. The molecule has 30 heavy (non-hydrogen) atoms. The fourth-order valence-electron chi connectivity index (χ4n) is 4.21. The fraction of sp³-hybridized carbons (Fsp3) is 0.320. The lowest BCUT2D eigenvalue weighted by Crippen LogP contribution is -2.48. The molecule has 5 rings (SSSR count). The number of para-hydroxylation sites is 1. The second-order valence-electron chi connectivity index (χ2n) is 8.27. The van der Waals surface area contributed by atoms with Crippen molar-refractivity contribution in [3.05, 3.63) is 71.4 Å². The van der Waals surface area contributed by atoms with Gasteiger partial charge in [-0.2, -0.15) is 0 Å². The summed E-state index contributed by atoms with van der Waals surface area (Å²) in [6.45, 7) is 4.51. The SMILES string of the molecule is CC(=O)c1ccc(N2CCN(C(=O)c3cc(C4CC4)nc4ccccc34)CC2)cc1. The predicted molar refractivity (Wildman–Crippen MR) is 118 cm³/mol. The highest BCUT2D eigenvalue weighted by molar-refractivity contribution is 6.06. The number of hydrogen-bond donors (Lipinski definition) is 0. The quantitative estimate of drug-likeness (QED) is 0.615. The van der Waals surface area contributed by atoms with Crippen molar-refractivity contribution in [2.45, 2.75) is 25.7 Å². The lowest BCUT2D eigenvalue weighted by molar-refractivity contribution is 0.0748. The standard InChI is InChI=1S/C25H25N3O2/c1-17(29)18-8-10-20(11-9-18)27-12-14-28(15-13-27)25(30)22-16-24(19-6-7-19)26-23-5-3-2-4-21(22)23/h2-5,8-11,16,19H,6-7,12-15H2,1H3. The third-order valence-electron chi connectivity index (χ3n) is 6.17. The molecule has 1 aromatic heterocycles. The van der Waals surface area contributed by atoms with Gasteiger partial charge >= 0.3 is 0 Å². The number of carbonyl (C=O) groups excluding carboxylic acids is 2. The van der Waals surface area contributed by atoms with Gasteiger partial charge in [0.1, 0.15) is 0 Å². The van der Waals surface area contributed by atoms with Crippen molar-refractivity contribution in [1.82, 2.24) is 9.88 Å². The molecular weight excluding hydrogens is 374 g/mol. The molecular formula is C25H25N3O2. The number of pyridine rings is 1. The molecule has 0 radical (unpaired) electrons. The van der Waals surface area contributed by atoms with Gasteiger partial charge in [-0.1, -0.05) is 18.2 Å². The monoisotopic (exact) mass is 399 g/mol. The number of aromatic nitrogens is 1. The Kier molecular flexibility index (Phi) is 4.74. The third-order valence-corrected chi connectivity index (χ3v) is 6.17. The largest absolute Gasteiger partial charge is 0.368 e. The van der Waals surface area contributed by atoms with Crippen LogP contribution in [0.3, 0.4) is 0 Å².